The van der Waals surface area contributed by atoms with Crippen molar-refractivity contribution in [2.45, 2.75) is 39.0 Å². The zero-order valence-electron chi connectivity index (χ0n) is 7.73. The van der Waals surface area contributed by atoms with Crippen LogP contribution in [0, 0.1) is 0 Å². The largest absolute Gasteiger partial charge is 0.295 e. The van der Waals surface area contributed by atoms with E-state index in [2.05, 4.69) is 13.5 Å². The Kier molecular flexibility index (Phi) is 3.27. The maximum atomic E-state index is 11.3. The molecule has 0 unspecified atom stereocenters. The van der Waals surface area contributed by atoms with Crippen LogP contribution in [-0.4, -0.2) is 5.78 Å². The Bertz CT molecular complexity index is 223. The van der Waals surface area contributed by atoms with E-state index in [1.165, 1.54) is 5.57 Å². The number of allylic oxidation sites excluding steroid dienone is 3. The van der Waals surface area contributed by atoms with E-state index in [0.29, 0.717) is 5.78 Å². The number of carbonyl (C=O) groups excluding carboxylic acids is 1. The molecule has 12 heavy (non-hydrogen) atoms. The Hall–Kier alpha value is -0.850. The minimum Gasteiger partial charge on any atom is -0.295 e. The van der Waals surface area contributed by atoms with Gasteiger partial charge in [-0.1, -0.05) is 11.6 Å². The highest BCUT2D eigenvalue weighted by molar-refractivity contribution is 5.98. The zero-order chi connectivity index (χ0) is 8.97. The van der Waals surface area contributed by atoms with Crippen LogP contribution in [0.25, 0.3) is 0 Å². The first-order valence-corrected chi connectivity index (χ1v) is 4.58. The van der Waals surface area contributed by atoms with Gasteiger partial charge in [-0.2, -0.15) is 0 Å². The summed E-state index contributed by atoms with van der Waals surface area (Å²) < 4.78 is 0. The average Bonchev–Trinajstić information content (AvgIpc) is 2.35. The Balaban J connectivity index is 2.44. The van der Waals surface area contributed by atoms with Crippen molar-refractivity contribution in [2.24, 2.45) is 0 Å². The quantitative estimate of drug-likeness (QED) is 0.461. The Morgan fingerprint density at radius 1 is 1.50 bits per heavy atom. The van der Waals surface area contributed by atoms with Crippen molar-refractivity contribution < 1.29 is 4.79 Å². The third kappa shape index (κ3) is 2.07. The lowest BCUT2D eigenvalue weighted by molar-refractivity contribution is -0.115. The van der Waals surface area contributed by atoms with Crippen LogP contribution in [0.1, 0.15) is 39.0 Å². The third-order valence-corrected chi connectivity index (χ3v) is 2.41. The number of unbranched alkanes of at least 4 members (excludes halogenated alkanes) is 1. The van der Waals surface area contributed by atoms with Crippen molar-refractivity contribution in [3.05, 3.63) is 23.8 Å². The molecule has 0 atom stereocenters. The van der Waals surface area contributed by atoms with Gasteiger partial charge in [0.05, 0.1) is 0 Å². The lowest BCUT2D eigenvalue weighted by atomic mass is 10.0. The Labute approximate surface area is 74.2 Å². The van der Waals surface area contributed by atoms with E-state index >= 15 is 0 Å². The van der Waals surface area contributed by atoms with Crippen LogP contribution in [0.5, 0.6) is 0 Å². The van der Waals surface area contributed by atoms with Crippen molar-refractivity contribution in [1.82, 2.24) is 0 Å². The van der Waals surface area contributed by atoms with Gasteiger partial charge in [0.15, 0.2) is 5.78 Å². The highest BCUT2D eigenvalue weighted by Crippen LogP contribution is 2.26. The van der Waals surface area contributed by atoms with E-state index in [4.69, 9.17) is 0 Å². The van der Waals surface area contributed by atoms with Gasteiger partial charge < -0.3 is 0 Å². The van der Waals surface area contributed by atoms with E-state index in [1.54, 1.807) is 0 Å². The van der Waals surface area contributed by atoms with Crippen LogP contribution in [0.2, 0.25) is 0 Å². The molecule has 0 aliphatic heterocycles. The summed E-state index contributed by atoms with van der Waals surface area (Å²) in [6.45, 7) is 5.74. The van der Waals surface area contributed by atoms with E-state index in [0.717, 1.165) is 37.7 Å². The number of hydrogen-bond acceptors (Lipinski definition) is 1. The van der Waals surface area contributed by atoms with Gasteiger partial charge in [-0.25, -0.2) is 0 Å². The van der Waals surface area contributed by atoms with Crippen molar-refractivity contribution >= 4 is 5.78 Å². The highest BCUT2D eigenvalue weighted by Gasteiger charge is 2.18. The molecular formula is C11H16O. The van der Waals surface area contributed by atoms with Crippen LogP contribution < -0.4 is 0 Å². The van der Waals surface area contributed by atoms with Crippen molar-refractivity contribution in [1.29, 1.82) is 0 Å². The molecule has 0 bridgehead atoms. The standard InChI is InChI=1S/C11H16O/c1-3-4-5-6-10-9(2)7-8-11(10)12/h3H,1,4-8H2,2H3. The van der Waals surface area contributed by atoms with E-state index in [1.807, 2.05) is 6.08 Å². The van der Waals surface area contributed by atoms with Gasteiger partial charge in [0.1, 0.15) is 0 Å². The topological polar surface area (TPSA) is 17.1 Å². The molecule has 0 saturated carbocycles. The van der Waals surface area contributed by atoms with Gasteiger partial charge in [0.2, 0.25) is 0 Å². The minimum atomic E-state index is 0.372. The van der Waals surface area contributed by atoms with Crippen LogP contribution in [-0.2, 0) is 4.79 Å². The van der Waals surface area contributed by atoms with Crippen molar-refractivity contribution in [3.63, 3.8) is 0 Å². The number of carbonyl (C=O) groups is 1. The first kappa shape index (κ1) is 9.24. The van der Waals surface area contributed by atoms with E-state index in [-0.39, 0.29) is 0 Å². The summed E-state index contributed by atoms with van der Waals surface area (Å²) in [4.78, 5) is 11.3. The lowest BCUT2D eigenvalue weighted by Crippen LogP contribution is -1.95. The van der Waals surface area contributed by atoms with E-state index in [9.17, 15) is 4.79 Å². The monoisotopic (exact) mass is 164 g/mol. The molecular weight excluding hydrogens is 148 g/mol. The summed E-state index contributed by atoms with van der Waals surface area (Å²) in [5.74, 6) is 0.372. The maximum absolute atomic E-state index is 11.3. The Morgan fingerprint density at radius 2 is 2.25 bits per heavy atom. The normalized spacial score (nSPS) is 17.2. The molecule has 1 aliphatic rings. The third-order valence-electron chi connectivity index (χ3n) is 2.41. The minimum absolute atomic E-state index is 0.372. The molecule has 0 N–H and O–H groups in total. The van der Waals surface area contributed by atoms with Crippen molar-refractivity contribution in [3.8, 4) is 0 Å². The molecule has 0 saturated heterocycles. The second-order valence-electron chi connectivity index (χ2n) is 3.36. The fourth-order valence-corrected chi connectivity index (χ4v) is 1.62. The molecule has 1 heteroatoms. The molecule has 0 spiro atoms. The van der Waals surface area contributed by atoms with Crippen LogP contribution >= 0.6 is 0 Å². The molecule has 0 aromatic heterocycles. The number of rotatable bonds is 4. The molecule has 0 amide bonds. The molecule has 1 rings (SSSR count). The number of ketones is 1. The molecule has 0 aromatic carbocycles. The van der Waals surface area contributed by atoms with Crippen LogP contribution in [0.4, 0.5) is 0 Å². The number of Topliss-reactive ketones (excluding diaryl/α,β-unsaturated/α-hetero) is 1. The van der Waals surface area contributed by atoms with Gasteiger partial charge in [0, 0.05) is 6.42 Å². The van der Waals surface area contributed by atoms with Crippen LogP contribution in [0.3, 0.4) is 0 Å². The zero-order valence-corrected chi connectivity index (χ0v) is 7.73. The summed E-state index contributed by atoms with van der Waals surface area (Å²) in [5, 5.41) is 0. The molecule has 1 nitrogen and oxygen atoms in total. The molecule has 0 radical (unpaired) electrons. The smallest absolute Gasteiger partial charge is 0.159 e. The van der Waals surface area contributed by atoms with Gasteiger partial charge in [-0.15, -0.1) is 6.58 Å². The summed E-state index contributed by atoms with van der Waals surface area (Å²) in [5.41, 5.74) is 2.40. The first-order chi connectivity index (χ1) is 5.75. The molecule has 66 valence electrons. The van der Waals surface area contributed by atoms with Gasteiger partial charge in [-0.05, 0) is 38.2 Å². The lowest BCUT2D eigenvalue weighted by Gasteiger charge is -1.99. The van der Waals surface area contributed by atoms with E-state index < -0.39 is 0 Å². The summed E-state index contributed by atoms with van der Waals surface area (Å²) in [6, 6.07) is 0. The molecule has 0 aromatic rings. The predicted molar refractivity (Wildman–Crippen MR) is 51.0 cm³/mol. The SMILES string of the molecule is C=CCCCC1=C(C)CCC1=O. The van der Waals surface area contributed by atoms with Crippen molar-refractivity contribution in [2.75, 3.05) is 0 Å². The first-order valence-electron chi connectivity index (χ1n) is 4.58. The fraction of sp³-hybridized carbons (Fsp3) is 0.545. The highest BCUT2D eigenvalue weighted by atomic mass is 16.1. The van der Waals surface area contributed by atoms with Crippen LogP contribution in [0.15, 0.2) is 23.8 Å². The van der Waals surface area contributed by atoms with Gasteiger partial charge in [-0.3, -0.25) is 4.79 Å². The van der Waals surface area contributed by atoms with Gasteiger partial charge in [0.25, 0.3) is 0 Å². The second kappa shape index (κ2) is 4.24. The second-order valence-corrected chi connectivity index (χ2v) is 3.36. The number of hydrogen-bond donors (Lipinski definition) is 0. The maximum Gasteiger partial charge on any atom is 0.159 e. The summed E-state index contributed by atoms with van der Waals surface area (Å²) in [7, 11) is 0. The van der Waals surface area contributed by atoms with Gasteiger partial charge >= 0.3 is 0 Å². The fourth-order valence-electron chi connectivity index (χ4n) is 1.62. The molecule has 0 fully saturated rings. The summed E-state index contributed by atoms with van der Waals surface area (Å²) in [6.07, 6.45) is 6.69. The average molecular weight is 164 g/mol. The summed E-state index contributed by atoms with van der Waals surface area (Å²) >= 11 is 0. The predicted octanol–water partition coefficient (Wildman–Crippen LogP) is 3.02. The Morgan fingerprint density at radius 3 is 2.75 bits per heavy atom. The molecule has 1 aliphatic carbocycles. The molecule has 0 heterocycles.